The summed E-state index contributed by atoms with van der Waals surface area (Å²) in [4.78, 5) is 53.6. The molecule has 0 aromatic heterocycles. The molecule has 1 atom stereocenters. The molecule has 4 rings (SSSR count). The van der Waals surface area contributed by atoms with Gasteiger partial charge < -0.3 is 0 Å². The Bertz CT molecular complexity index is 1120. The van der Waals surface area contributed by atoms with Crippen molar-refractivity contribution in [2.75, 3.05) is 14.1 Å². The van der Waals surface area contributed by atoms with Crippen molar-refractivity contribution >= 4 is 39.6 Å². The van der Waals surface area contributed by atoms with Crippen LogP contribution in [0.2, 0.25) is 0 Å². The summed E-state index contributed by atoms with van der Waals surface area (Å²) in [6, 6.07) is 10.5. The molecule has 2 aliphatic rings. The summed E-state index contributed by atoms with van der Waals surface area (Å²) in [5.41, 5.74) is -1.40. The van der Waals surface area contributed by atoms with Gasteiger partial charge in [0.15, 0.2) is 5.41 Å². The van der Waals surface area contributed by atoms with E-state index in [1.807, 2.05) is 0 Å². The normalized spacial score (nSPS) is 21.5. The van der Waals surface area contributed by atoms with E-state index in [4.69, 9.17) is 0 Å². The summed E-state index contributed by atoms with van der Waals surface area (Å²) >= 11 is 3.17. The smallest absolute Gasteiger partial charge is 0.261 e. The van der Waals surface area contributed by atoms with Crippen LogP contribution in [0.3, 0.4) is 0 Å². The SMILES string of the molecule is CN1C(=O)CC2(C(=O)N(Cc3ccc(Br)cc3F)C(=O)c3ccccc32)C(=O)N1C. The van der Waals surface area contributed by atoms with E-state index in [1.165, 1.54) is 38.4 Å². The van der Waals surface area contributed by atoms with Crippen LogP contribution in [-0.4, -0.2) is 52.6 Å². The van der Waals surface area contributed by atoms with Crippen LogP contribution in [0.4, 0.5) is 4.39 Å². The number of halogens is 2. The van der Waals surface area contributed by atoms with E-state index in [2.05, 4.69) is 15.9 Å². The van der Waals surface area contributed by atoms with Crippen molar-refractivity contribution in [1.29, 1.82) is 0 Å². The zero-order valence-corrected chi connectivity index (χ0v) is 17.8. The van der Waals surface area contributed by atoms with Crippen LogP contribution in [-0.2, 0) is 26.3 Å². The number of hydrazine groups is 1. The molecule has 4 amide bonds. The molecule has 1 spiro atoms. The number of carbonyl (C=O) groups excluding carboxylic acids is 4. The number of amides is 4. The Kier molecular flexibility index (Phi) is 4.73. The van der Waals surface area contributed by atoms with Gasteiger partial charge >= 0.3 is 0 Å². The zero-order chi connectivity index (χ0) is 21.8. The third kappa shape index (κ3) is 2.76. The molecule has 2 aromatic carbocycles. The third-order valence-corrected chi connectivity index (χ3v) is 6.20. The average molecular weight is 474 g/mol. The van der Waals surface area contributed by atoms with E-state index in [1.54, 1.807) is 18.2 Å². The van der Waals surface area contributed by atoms with Crippen LogP contribution in [0.5, 0.6) is 0 Å². The number of likely N-dealkylation sites (N-methyl/N-ethyl adjacent to an activating group) is 1. The van der Waals surface area contributed by atoms with Crippen LogP contribution >= 0.6 is 15.9 Å². The highest BCUT2D eigenvalue weighted by molar-refractivity contribution is 9.10. The summed E-state index contributed by atoms with van der Waals surface area (Å²) in [6.45, 7) is -0.353. The van der Waals surface area contributed by atoms with Gasteiger partial charge in [-0.1, -0.05) is 40.2 Å². The monoisotopic (exact) mass is 473 g/mol. The fraction of sp³-hybridized carbons (Fsp3) is 0.238. The Morgan fingerprint density at radius 1 is 1.00 bits per heavy atom. The first-order valence-corrected chi connectivity index (χ1v) is 9.92. The van der Waals surface area contributed by atoms with E-state index >= 15 is 0 Å². The topological polar surface area (TPSA) is 78.0 Å². The van der Waals surface area contributed by atoms with Crippen molar-refractivity contribution in [3.63, 3.8) is 0 Å². The first kappa shape index (κ1) is 20.2. The van der Waals surface area contributed by atoms with Gasteiger partial charge in [-0.2, -0.15) is 0 Å². The molecule has 1 fully saturated rings. The minimum absolute atomic E-state index is 0.120. The maximum atomic E-state index is 14.4. The van der Waals surface area contributed by atoms with Gasteiger partial charge in [-0.05, 0) is 23.8 Å². The van der Waals surface area contributed by atoms with Crippen molar-refractivity contribution in [2.45, 2.75) is 18.4 Å². The number of hydrogen-bond donors (Lipinski definition) is 0. The zero-order valence-electron chi connectivity index (χ0n) is 16.2. The molecule has 7 nitrogen and oxygen atoms in total. The van der Waals surface area contributed by atoms with Gasteiger partial charge in [0.1, 0.15) is 5.82 Å². The quantitative estimate of drug-likeness (QED) is 0.494. The summed E-state index contributed by atoms with van der Waals surface area (Å²) in [5, 5.41) is 2.22. The van der Waals surface area contributed by atoms with Crippen LogP contribution in [0, 0.1) is 5.82 Å². The fourth-order valence-corrected chi connectivity index (χ4v) is 4.30. The highest BCUT2D eigenvalue weighted by Crippen LogP contribution is 2.42. The average Bonchev–Trinajstić information content (AvgIpc) is 2.73. The summed E-state index contributed by atoms with van der Waals surface area (Å²) < 4.78 is 14.9. The van der Waals surface area contributed by atoms with Crippen LogP contribution in [0.1, 0.15) is 27.9 Å². The lowest BCUT2D eigenvalue weighted by Crippen LogP contribution is -2.67. The molecule has 9 heteroatoms. The number of benzene rings is 2. The van der Waals surface area contributed by atoms with Crippen LogP contribution in [0.25, 0.3) is 0 Å². The predicted molar refractivity (Wildman–Crippen MR) is 107 cm³/mol. The number of imide groups is 1. The van der Waals surface area contributed by atoms with E-state index in [9.17, 15) is 23.6 Å². The second-order valence-electron chi connectivity index (χ2n) is 7.31. The lowest BCUT2D eigenvalue weighted by atomic mass is 9.69. The predicted octanol–water partition coefficient (Wildman–Crippen LogP) is 2.24. The lowest BCUT2D eigenvalue weighted by molar-refractivity contribution is -0.176. The minimum Gasteiger partial charge on any atom is -0.273 e. The highest BCUT2D eigenvalue weighted by atomic mass is 79.9. The molecule has 30 heavy (non-hydrogen) atoms. The van der Waals surface area contributed by atoms with Crippen molar-refractivity contribution in [3.05, 3.63) is 69.4 Å². The van der Waals surface area contributed by atoms with Gasteiger partial charge in [0.25, 0.3) is 17.7 Å². The van der Waals surface area contributed by atoms with Gasteiger partial charge in [0.05, 0.1) is 13.0 Å². The molecule has 0 bridgehead atoms. The number of nitrogens with zero attached hydrogens (tertiary/aromatic N) is 3. The van der Waals surface area contributed by atoms with E-state index in [-0.39, 0.29) is 23.2 Å². The van der Waals surface area contributed by atoms with Gasteiger partial charge in [-0.3, -0.25) is 34.1 Å². The standard InChI is InChI=1S/C21H17BrFN3O4/c1-24-17(27)10-21(19(29)25(24)2)15-6-4-3-5-14(15)18(28)26(20(21)30)11-12-7-8-13(22)9-16(12)23/h3-9H,10-11H2,1-2H3. The highest BCUT2D eigenvalue weighted by Gasteiger charge is 2.60. The van der Waals surface area contributed by atoms with Gasteiger partial charge in [-0.15, -0.1) is 0 Å². The molecule has 2 heterocycles. The first-order chi connectivity index (χ1) is 14.2. The second kappa shape index (κ2) is 7.02. The lowest BCUT2D eigenvalue weighted by Gasteiger charge is -2.47. The van der Waals surface area contributed by atoms with E-state index in [0.29, 0.717) is 4.47 Å². The summed E-state index contributed by atoms with van der Waals surface area (Å²) in [5.74, 6) is -3.11. The van der Waals surface area contributed by atoms with E-state index < -0.39 is 41.3 Å². The molecule has 0 saturated carbocycles. The Morgan fingerprint density at radius 2 is 1.70 bits per heavy atom. The van der Waals surface area contributed by atoms with Gasteiger partial charge in [0, 0.05) is 29.7 Å². The largest absolute Gasteiger partial charge is 0.273 e. The number of rotatable bonds is 2. The van der Waals surface area contributed by atoms with Crippen molar-refractivity contribution in [3.8, 4) is 0 Å². The molecule has 0 aliphatic carbocycles. The Hall–Kier alpha value is -3.07. The second-order valence-corrected chi connectivity index (χ2v) is 8.22. The minimum atomic E-state index is -1.87. The molecule has 2 aromatic rings. The molecule has 2 aliphatic heterocycles. The molecule has 0 N–H and O–H groups in total. The van der Waals surface area contributed by atoms with Crippen molar-refractivity contribution in [1.82, 2.24) is 14.9 Å². The maximum absolute atomic E-state index is 14.4. The van der Waals surface area contributed by atoms with Gasteiger partial charge in [0.2, 0.25) is 5.91 Å². The summed E-state index contributed by atoms with van der Waals surface area (Å²) in [6.07, 6.45) is -0.408. The fourth-order valence-electron chi connectivity index (χ4n) is 3.96. The maximum Gasteiger partial charge on any atom is 0.261 e. The molecule has 1 saturated heterocycles. The number of carbonyl (C=O) groups is 4. The molecule has 0 radical (unpaired) electrons. The first-order valence-electron chi connectivity index (χ1n) is 9.13. The Labute approximate surface area is 180 Å². The Balaban J connectivity index is 1.88. The third-order valence-electron chi connectivity index (χ3n) is 5.70. The summed E-state index contributed by atoms with van der Waals surface area (Å²) in [7, 11) is 2.83. The molecular weight excluding hydrogens is 457 g/mol. The van der Waals surface area contributed by atoms with Gasteiger partial charge in [-0.25, -0.2) is 4.39 Å². The Morgan fingerprint density at radius 3 is 2.40 bits per heavy atom. The van der Waals surface area contributed by atoms with Crippen LogP contribution < -0.4 is 0 Å². The molecular formula is C21H17BrFN3O4. The number of fused-ring (bicyclic) bond motifs is 2. The molecule has 1 unspecified atom stereocenters. The van der Waals surface area contributed by atoms with Crippen molar-refractivity contribution < 1.29 is 23.6 Å². The van der Waals surface area contributed by atoms with Crippen LogP contribution in [0.15, 0.2) is 46.9 Å². The van der Waals surface area contributed by atoms with E-state index in [0.717, 1.165) is 14.9 Å². The molecule has 154 valence electrons. The van der Waals surface area contributed by atoms with Crippen molar-refractivity contribution in [2.24, 2.45) is 0 Å². The number of hydrogen-bond acceptors (Lipinski definition) is 4.